The fraction of sp³-hybridized carbons (Fsp3) is 0.857. The molecule has 1 fully saturated rings. The first-order valence-corrected chi connectivity index (χ1v) is 12.8. The van der Waals surface area contributed by atoms with Crippen LogP contribution in [-0.2, 0) is 0 Å². The fourth-order valence-electron chi connectivity index (χ4n) is 2.25. The molecule has 0 radical (unpaired) electrons. The Hall–Kier alpha value is 0.617. The van der Waals surface area contributed by atoms with Gasteiger partial charge in [0, 0.05) is 8.07 Å². The van der Waals surface area contributed by atoms with Crippen molar-refractivity contribution in [3.8, 4) is 0 Å². The SMILES string of the molecule is C/C=C(/CC(O)CC1SCCCS1)C[Si](C)(C)C. The Morgan fingerprint density at radius 1 is 1.33 bits per heavy atom. The molecule has 1 rings (SSSR count). The predicted molar refractivity (Wildman–Crippen MR) is 90.5 cm³/mol. The van der Waals surface area contributed by atoms with Crippen molar-refractivity contribution in [1.29, 1.82) is 0 Å². The minimum atomic E-state index is -1.05. The molecular weight excluding hydrogens is 276 g/mol. The van der Waals surface area contributed by atoms with Crippen molar-refractivity contribution in [3.05, 3.63) is 11.6 Å². The topological polar surface area (TPSA) is 20.2 Å². The van der Waals surface area contributed by atoms with Crippen LogP contribution in [-0.4, -0.2) is 35.4 Å². The summed E-state index contributed by atoms with van der Waals surface area (Å²) in [5.74, 6) is 2.55. The van der Waals surface area contributed by atoms with Crippen LogP contribution in [0.25, 0.3) is 0 Å². The number of rotatable bonds is 6. The van der Waals surface area contributed by atoms with Gasteiger partial charge >= 0.3 is 0 Å². The molecule has 0 bridgehead atoms. The van der Waals surface area contributed by atoms with Crippen LogP contribution in [0.5, 0.6) is 0 Å². The number of thioether (sulfide) groups is 2. The van der Waals surface area contributed by atoms with Gasteiger partial charge in [-0.2, -0.15) is 0 Å². The molecule has 0 aliphatic carbocycles. The Morgan fingerprint density at radius 3 is 2.44 bits per heavy atom. The molecule has 0 aromatic heterocycles. The highest BCUT2D eigenvalue weighted by Crippen LogP contribution is 2.34. The third-order valence-electron chi connectivity index (χ3n) is 3.02. The fourth-order valence-corrected chi connectivity index (χ4v) is 6.97. The lowest BCUT2D eigenvalue weighted by Crippen LogP contribution is -2.22. The van der Waals surface area contributed by atoms with Gasteiger partial charge in [0.1, 0.15) is 0 Å². The molecule has 0 saturated carbocycles. The summed E-state index contributed by atoms with van der Waals surface area (Å²) in [5.41, 5.74) is 1.47. The van der Waals surface area contributed by atoms with Gasteiger partial charge in [-0.25, -0.2) is 0 Å². The third-order valence-corrected chi connectivity index (χ3v) is 7.53. The Bertz CT molecular complexity index is 267. The summed E-state index contributed by atoms with van der Waals surface area (Å²) >= 11 is 4.06. The number of allylic oxidation sites excluding steroid dienone is 1. The number of hydrogen-bond donors (Lipinski definition) is 1. The quantitative estimate of drug-likeness (QED) is 0.572. The maximum absolute atomic E-state index is 10.2. The number of hydrogen-bond acceptors (Lipinski definition) is 3. The summed E-state index contributed by atoms with van der Waals surface area (Å²) < 4.78 is 0.624. The maximum Gasteiger partial charge on any atom is 0.0595 e. The van der Waals surface area contributed by atoms with E-state index in [2.05, 4.69) is 32.6 Å². The molecule has 1 aliphatic rings. The van der Waals surface area contributed by atoms with Crippen LogP contribution in [0.15, 0.2) is 11.6 Å². The van der Waals surface area contributed by atoms with E-state index >= 15 is 0 Å². The highest BCUT2D eigenvalue weighted by Gasteiger charge is 2.21. The molecule has 0 spiro atoms. The zero-order valence-corrected chi connectivity index (χ0v) is 14.9. The molecule has 106 valence electrons. The van der Waals surface area contributed by atoms with E-state index in [0.29, 0.717) is 4.58 Å². The zero-order chi connectivity index (χ0) is 13.6. The molecule has 1 N–H and O–H groups in total. The van der Waals surface area contributed by atoms with E-state index in [0.717, 1.165) is 12.8 Å². The van der Waals surface area contributed by atoms with Gasteiger partial charge in [0.2, 0.25) is 0 Å². The van der Waals surface area contributed by atoms with Crippen LogP contribution in [0.3, 0.4) is 0 Å². The summed E-state index contributed by atoms with van der Waals surface area (Å²) in [5, 5.41) is 10.2. The number of aliphatic hydroxyl groups is 1. The average molecular weight is 305 g/mol. The van der Waals surface area contributed by atoms with Gasteiger partial charge in [-0.15, -0.1) is 23.5 Å². The van der Waals surface area contributed by atoms with E-state index in [1.165, 1.54) is 29.5 Å². The largest absolute Gasteiger partial charge is 0.393 e. The van der Waals surface area contributed by atoms with E-state index in [1.807, 2.05) is 23.5 Å². The number of aliphatic hydroxyl groups excluding tert-OH is 1. The smallest absolute Gasteiger partial charge is 0.0595 e. The molecule has 1 atom stereocenters. The van der Waals surface area contributed by atoms with Gasteiger partial charge in [-0.05, 0) is 43.7 Å². The maximum atomic E-state index is 10.2. The van der Waals surface area contributed by atoms with E-state index in [4.69, 9.17) is 0 Å². The molecule has 1 nitrogen and oxygen atoms in total. The molecule has 1 saturated heterocycles. The third kappa shape index (κ3) is 7.27. The van der Waals surface area contributed by atoms with Crippen molar-refractivity contribution in [3.63, 3.8) is 0 Å². The Balaban J connectivity index is 2.35. The van der Waals surface area contributed by atoms with Crippen molar-refractivity contribution in [2.75, 3.05) is 11.5 Å². The second-order valence-electron chi connectivity index (χ2n) is 6.30. The minimum Gasteiger partial charge on any atom is -0.393 e. The molecule has 0 amide bonds. The molecular formula is C14H28OS2Si. The van der Waals surface area contributed by atoms with Crippen LogP contribution in [0.2, 0.25) is 25.7 Å². The summed E-state index contributed by atoms with van der Waals surface area (Å²) in [7, 11) is -1.05. The van der Waals surface area contributed by atoms with Crippen molar-refractivity contribution in [2.45, 2.75) is 62.6 Å². The first-order valence-electron chi connectivity index (χ1n) is 6.96. The summed E-state index contributed by atoms with van der Waals surface area (Å²) in [6.07, 6.45) is 5.26. The highest BCUT2D eigenvalue weighted by atomic mass is 32.2. The first-order chi connectivity index (χ1) is 8.40. The van der Waals surface area contributed by atoms with Crippen LogP contribution in [0.1, 0.15) is 26.2 Å². The summed E-state index contributed by atoms with van der Waals surface area (Å²) in [4.78, 5) is 0. The molecule has 1 aliphatic heterocycles. The second-order valence-corrected chi connectivity index (χ2v) is 14.7. The van der Waals surface area contributed by atoms with E-state index in [9.17, 15) is 5.11 Å². The standard InChI is InChI=1S/C14H28OS2Si/c1-5-12(11-18(2,3)4)9-13(15)10-14-16-7-6-8-17-14/h5,13-15H,6-11H2,1-4H3/b12-5-. The van der Waals surface area contributed by atoms with Gasteiger partial charge in [0.15, 0.2) is 0 Å². The lowest BCUT2D eigenvalue weighted by molar-refractivity contribution is 0.170. The van der Waals surface area contributed by atoms with Gasteiger partial charge in [0.25, 0.3) is 0 Å². The lowest BCUT2D eigenvalue weighted by atomic mass is 10.1. The van der Waals surface area contributed by atoms with E-state index < -0.39 is 8.07 Å². The molecule has 0 aromatic carbocycles. The van der Waals surface area contributed by atoms with Crippen LogP contribution in [0.4, 0.5) is 0 Å². The molecule has 0 aromatic rings. The predicted octanol–water partition coefficient (Wildman–Crippen LogP) is 4.61. The Kier molecular flexibility index (Phi) is 7.43. The Morgan fingerprint density at radius 2 is 1.94 bits per heavy atom. The molecule has 1 heterocycles. The van der Waals surface area contributed by atoms with Gasteiger partial charge in [-0.3, -0.25) is 0 Å². The molecule has 18 heavy (non-hydrogen) atoms. The van der Waals surface area contributed by atoms with Crippen LogP contribution < -0.4 is 0 Å². The van der Waals surface area contributed by atoms with Crippen LogP contribution in [0, 0.1) is 0 Å². The summed E-state index contributed by atoms with van der Waals surface area (Å²) in [6, 6.07) is 1.23. The van der Waals surface area contributed by atoms with E-state index in [1.54, 1.807) is 0 Å². The zero-order valence-electron chi connectivity index (χ0n) is 12.2. The monoisotopic (exact) mass is 304 g/mol. The Labute approximate surface area is 122 Å². The average Bonchev–Trinajstić information content (AvgIpc) is 2.27. The van der Waals surface area contributed by atoms with Crippen molar-refractivity contribution in [1.82, 2.24) is 0 Å². The van der Waals surface area contributed by atoms with Gasteiger partial charge in [0.05, 0.1) is 10.7 Å². The first kappa shape index (κ1) is 16.7. The highest BCUT2D eigenvalue weighted by molar-refractivity contribution is 8.17. The lowest BCUT2D eigenvalue weighted by Gasteiger charge is -2.25. The molecule has 1 unspecified atom stereocenters. The van der Waals surface area contributed by atoms with Gasteiger partial charge in [-0.1, -0.05) is 31.3 Å². The molecule has 4 heteroatoms. The van der Waals surface area contributed by atoms with Gasteiger partial charge < -0.3 is 5.11 Å². The van der Waals surface area contributed by atoms with Crippen molar-refractivity contribution < 1.29 is 5.11 Å². The normalized spacial score (nSPS) is 21.1. The van der Waals surface area contributed by atoms with Crippen molar-refractivity contribution >= 4 is 31.6 Å². The summed E-state index contributed by atoms with van der Waals surface area (Å²) in [6.45, 7) is 9.31. The van der Waals surface area contributed by atoms with Crippen molar-refractivity contribution in [2.24, 2.45) is 0 Å². The minimum absolute atomic E-state index is 0.143. The van der Waals surface area contributed by atoms with Crippen LogP contribution >= 0.6 is 23.5 Å². The van der Waals surface area contributed by atoms with E-state index in [-0.39, 0.29) is 6.10 Å². The second kappa shape index (κ2) is 8.03.